The van der Waals surface area contributed by atoms with Gasteiger partial charge in [-0.05, 0) is 38.3 Å². The number of thiophene rings is 1. The summed E-state index contributed by atoms with van der Waals surface area (Å²) in [5.74, 6) is -0.322. The molecule has 19 heavy (non-hydrogen) atoms. The number of nitrogens with two attached hydrogens (primary N) is 1. The van der Waals surface area contributed by atoms with Crippen molar-refractivity contribution in [2.24, 2.45) is 5.73 Å². The van der Waals surface area contributed by atoms with Gasteiger partial charge in [0.25, 0.3) is 0 Å². The second-order valence-electron chi connectivity index (χ2n) is 4.78. The molecule has 1 aromatic rings. The molecule has 2 N–H and O–H groups in total. The predicted octanol–water partition coefficient (Wildman–Crippen LogP) is 2.06. The number of urea groups is 1. The molecule has 0 bridgehead atoms. The Balaban J connectivity index is 1.91. The van der Waals surface area contributed by atoms with Crippen LogP contribution in [-0.4, -0.2) is 36.1 Å². The van der Waals surface area contributed by atoms with Crippen molar-refractivity contribution >= 4 is 23.3 Å². The minimum Gasteiger partial charge on any atom is -0.459 e. The highest BCUT2D eigenvalue weighted by Gasteiger charge is 2.28. The third-order valence-electron chi connectivity index (χ3n) is 3.43. The minimum absolute atomic E-state index is 0.0800. The van der Waals surface area contributed by atoms with Crippen LogP contribution in [0.15, 0.2) is 6.07 Å². The molecular formula is C13H18N2O3S. The largest absolute Gasteiger partial charge is 0.459 e. The summed E-state index contributed by atoms with van der Waals surface area (Å²) in [6.45, 7) is 4.81. The molecule has 104 valence electrons. The van der Waals surface area contributed by atoms with Crippen LogP contribution in [0, 0.1) is 13.8 Å². The third-order valence-corrected chi connectivity index (χ3v) is 4.57. The number of aryl methyl sites for hydroxylation is 2. The van der Waals surface area contributed by atoms with E-state index in [0.717, 1.165) is 23.3 Å². The fourth-order valence-corrected chi connectivity index (χ4v) is 3.14. The zero-order chi connectivity index (χ0) is 14.0. The molecule has 0 spiro atoms. The fraction of sp³-hybridized carbons (Fsp3) is 0.538. The summed E-state index contributed by atoms with van der Waals surface area (Å²) in [7, 11) is 0. The second kappa shape index (κ2) is 5.61. The third kappa shape index (κ3) is 3.07. The van der Waals surface area contributed by atoms with Crippen molar-refractivity contribution in [2.75, 3.05) is 13.2 Å². The molecule has 2 rings (SSSR count). The molecule has 5 nitrogen and oxygen atoms in total. The number of esters is 1. The SMILES string of the molecule is Cc1cc(C(=O)OC[C@@H]2CCCN2C(N)=O)sc1C. The normalized spacial score (nSPS) is 18.6. The van der Waals surface area contributed by atoms with E-state index in [1.165, 1.54) is 11.3 Å². The molecule has 1 saturated heterocycles. The molecule has 0 radical (unpaired) electrons. The van der Waals surface area contributed by atoms with Gasteiger partial charge in [-0.25, -0.2) is 9.59 Å². The van der Waals surface area contributed by atoms with E-state index in [-0.39, 0.29) is 18.6 Å². The van der Waals surface area contributed by atoms with Crippen molar-refractivity contribution in [3.05, 3.63) is 21.4 Å². The summed E-state index contributed by atoms with van der Waals surface area (Å²) in [5, 5.41) is 0. The number of rotatable bonds is 3. The van der Waals surface area contributed by atoms with Crippen LogP contribution < -0.4 is 5.73 Å². The van der Waals surface area contributed by atoms with Gasteiger partial charge in [0.2, 0.25) is 0 Å². The van der Waals surface area contributed by atoms with Gasteiger partial charge in [0.1, 0.15) is 11.5 Å². The van der Waals surface area contributed by atoms with Crippen LogP contribution in [0.1, 0.15) is 33.0 Å². The van der Waals surface area contributed by atoms with Crippen molar-refractivity contribution in [1.29, 1.82) is 0 Å². The van der Waals surface area contributed by atoms with Crippen molar-refractivity contribution < 1.29 is 14.3 Å². The summed E-state index contributed by atoms with van der Waals surface area (Å²) in [6.07, 6.45) is 1.74. The first-order chi connectivity index (χ1) is 8.99. The molecule has 1 aromatic heterocycles. The van der Waals surface area contributed by atoms with E-state index >= 15 is 0 Å². The number of ether oxygens (including phenoxy) is 1. The number of likely N-dealkylation sites (tertiary alicyclic amines) is 1. The number of primary amides is 1. The van der Waals surface area contributed by atoms with Crippen LogP contribution in [0.5, 0.6) is 0 Å². The lowest BCUT2D eigenvalue weighted by Gasteiger charge is -2.21. The van der Waals surface area contributed by atoms with Crippen LogP contribution in [-0.2, 0) is 4.74 Å². The molecule has 0 saturated carbocycles. The second-order valence-corrected chi connectivity index (χ2v) is 6.03. The summed E-state index contributed by atoms with van der Waals surface area (Å²) in [5.41, 5.74) is 6.37. The molecule has 0 aliphatic carbocycles. The zero-order valence-electron chi connectivity index (χ0n) is 11.1. The van der Waals surface area contributed by atoms with Gasteiger partial charge in [-0.3, -0.25) is 0 Å². The van der Waals surface area contributed by atoms with E-state index in [2.05, 4.69) is 0 Å². The average Bonchev–Trinajstić information content (AvgIpc) is 2.94. The zero-order valence-corrected chi connectivity index (χ0v) is 12.0. The van der Waals surface area contributed by atoms with Crippen LogP contribution >= 0.6 is 11.3 Å². The molecule has 1 aliphatic rings. The number of hydrogen-bond donors (Lipinski definition) is 1. The van der Waals surface area contributed by atoms with E-state index in [0.29, 0.717) is 11.4 Å². The van der Waals surface area contributed by atoms with Crippen molar-refractivity contribution in [1.82, 2.24) is 4.90 Å². The fourth-order valence-electron chi connectivity index (χ4n) is 2.22. The van der Waals surface area contributed by atoms with Gasteiger partial charge in [0.15, 0.2) is 0 Å². The van der Waals surface area contributed by atoms with E-state index < -0.39 is 6.03 Å². The lowest BCUT2D eigenvalue weighted by Crippen LogP contribution is -2.41. The number of nitrogens with zero attached hydrogens (tertiary/aromatic N) is 1. The first-order valence-corrected chi connectivity index (χ1v) is 7.11. The summed E-state index contributed by atoms with van der Waals surface area (Å²) in [6, 6.07) is 1.31. The molecule has 0 unspecified atom stereocenters. The Bertz CT molecular complexity index is 479. The topological polar surface area (TPSA) is 72.6 Å². The lowest BCUT2D eigenvalue weighted by atomic mass is 10.2. The van der Waals surface area contributed by atoms with Gasteiger partial charge < -0.3 is 15.4 Å². The molecular weight excluding hydrogens is 264 g/mol. The van der Waals surface area contributed by atoms with Gasteiger partial charge in [-0.2, -0.15) is 0 Å². The maximum absolute atomic E-state index is 11.9. The van der Waals surface area contributed by atoms with Gasteiger partial charge in [0, 0.05) is 11.4 Å². The van der Waals surface area contributed by atoms with Crippen LogP contribution in [0.2, 0.25) is 0 Å². The van der Waals surface area contributed by atoms with E-state index in [1.54, 1.807) is 4.90 Å². The predicted molar refractivity (Wildman–Crippen MR) is 73.4 cm³/mol. The maximum Gasteiger partial charge on any atom is 0.348 e. The number of carbonyl (C=O) groups is 2. The van der Waals surface area contributed by atoms with Gasteiger partial charge in [0.05, 0.1) is 6.04 Å². The Morgan fingerprint density at radius 3 is 2.84 bits per heavy atom. The average molecular weight is 282 g/mol. The van der Waals surface area contributed by atoms with Crippen molar-refractivity contribution in [3.63, 3.8) is 0 Å². The van der Waals surface area contributed by atoms with Crippen LogP contribution in [0.25, 0.3) is 0 Å². The molecule has 1 atom stereocenters. The van der Waals surface area contributed by atoms with Gasteiger partial charge in [-0.1, -0.05) is 0 Å². The Morgan fingerprint density at radius 1 is 1.53 bits per heavy atom. The number of amides is 2. The molecule has 1 fully saturated rings. The minimum atomic E-state index is -0.443. The molecule has 2 amide bonds. The lowest BCUT2D eigenvalue weighted by molar-refractivity contribution is 0.0427. The van der Waals surface area contributed by atoms with E-state index in [9.17, 15) is 9.59 Å². The van der Waals surface area contributed by atoms with E-state index in [1.807, 2.05) is 19.9 Å². The Hall–Kier alpha value is -1.56. The van der Waals surface area contributed by atoms with Crippen molar-refractivity contribution in [3.8, 4) is 0 Å². The molecule has 1 aliphatic heterocycles. The first-order valence-electron chi connectivity index (χ1n) is 6.29. The highest BCUT2D eigenvalue weighted by molar-refractivity contribution is 7.14. The molecule has 6 heteroatoms. The Morgan fingerprint density at radius 2 is 2.26 bits per heavy atom. The number of carbonyl (C=O) groups excluding carboxylic acids is 2. The van der Waals surface area contributed by atoms with E-state index in [4.69, 9.17) is 10.5 Å². The molecule has 0 aromatic carbocycles. The molecule has 2 heterocycles. The van der Waals surface area contributed by atoms with Gasteiger partial charge in [-0.15, -0.1) is 11.3 Å². The summed E-state index contributed by atoms with van der Waals surface area (Å²) >= 11 is 1.43. The Labute approximate surface area is 116 Å². The standard InChI is InChI=1S/C13H18N2O3S/c1-8-6-11(19-9(8)2)12(16)18-7-10-4-3-5-15(10)13(14)17/h6,10H,3-5,7H2,1-2H3,(H2,14,17)/t10-/m0/s1. The highest BCUT2D eigenvalue weighted by atomic mass is 32.1. The summed E-state index contributed by atoms with van der Waals surface area (Å²) < 4.78 is 5.28. The number of hydrogen-bond acceptors (Lipinski definition) is 4. The maximum atomic E-state index is 11.9. The van der Waals surface area contributed by atoms with Crippen molar-refractivity contribution in [2.45, 2.75) is 32.7 Å². The highest BCUT2D eigenvalue weighted by Crippen LogP contribution is 2.22. The van der Waals surface area contributed by atoms with Crippen LogP contribution in [0.4, 0.5) is 4.79 Å². The summed E-state index contributed by atoms with van der Waals surface area (Å²) in [4.78, 5) is 26.4. The monoisotopic (exact) mass is 282 g/mol. The van der Waals surface area contributed by atoms with Crippen LogP contribution in [0.3, 0.4) is 0 Å². The van der Waals surface area contributed by atoms with Gasteiger partial charge >= 0.3 is 12.0 Å². The quantitative estimate of drug-likeness (QED) is 0.862. The first kappa shape index (κ1) is 13.9. The Kier molecular flexibility index (Phi) is 4.09. The smallest absolute Gasteiger partial charge is 0.348 e.